The number of cyclic esters (lactones) is 1. The minimum Gasteiger partial charge on any atom is -0.448 e. The van der Waals surface area contributed by atoms with E-state index in [1.807, 2.05) is 0 Å². The molecular formula is C16H11ClFNO3. The molecule has 1 unspecified atom stereocenters. The molecule has 0 spiro atoms. The molecule has 2 aromatic carbocycles. The average molecular weight is 320 g/mol. The Kier molecular flexibility index (Phi) is 3.81. The lowest BCUT2D eigenvalue weighted by molar-refractivity contribution is -0.125. The Morgan fingerprint density at radius 2 is 2.05 bits per heavy atom. The van der Waals surface area contributed by atoms with Crippen LogP contribution in [0.2, 0.25) is 5.02 Å². The standard InChI is InChI=1S/C16H11ClFNO3/c17-10-5-6-12(18)13(8-10)19-15(20)14-7-9-3-1-2-4-11(9)16(21)22-14/h1-6,8,14H,7H2,(H,19,20). The summed E-state index contributed by atoms with van der Waals surface area (Å²) in [6.07, 6.45) is -0.753. The number of benzene rings is 2. The van der Waals surface area contributed by atoms with E-state index in [0.29, 0.717) is 10.6 Å². The van der Waals surface area contributed by atoms with Gasteiger partial charge in [0.05, 0.1) is 11.3 Å². The van der Waals surface area contributed by atoms with Crippen molar-refractivity contribution in [2.75, 3.05) is 5.32 Å². The van der Waals surface area contributed by atoms with E-state index in [9.17, 15) is 14.0 Å². The van der Waals surface area contributed by atoms with Gasteiger partial charge in [-0.25, -0.2) is 9.18 Å². The molecular weight excluding hydrogens is 309 g/mol. The number of hydrogen-bond acceptors (Lipinski definition) is 3. The predicted molar refractivity (Wildman–Crippen MR) is 79.4 cm³/mol. The van der Waals surface area contributed by atoms with Crippen molar-refractivity contribution >= 4 is 29.2 Å². The molecule has 3 rings (SSSR count). The number of nitrogens with one attached hydrogen (secondary N) is 1. The summed E-state index contributed by atoms with van der Waals surface area (Å²) in [4.78, 5) is 24.1. The topological polar surface area (TPSA) is 55.4 Å². The molecule has 1 aliphatic rings. The van der Waals surface area contributed by atoms with E-state index in [1.54, 1.807) is 24.3 Å². The van der Waals surface area contributed by atoms with Crippen molar-refractivity contribution in [1.29, 1.82) is 0 Å². The Bertz CT molecular complexity index is 763. The van der Waals surface area contributed by atoms with Gasteiger partial charge in [0.1, 0.15) is 5.82 Å². The first-order chi connectivity index (χ1) is 10.5. The fourth-order valence-corrected chi connectivity index (χ4v) is 2.46. The Labute approximate surface area is 130 Å². The van der Waals surface area contributed by atoms with Gasteiger partial charge in [-0.05, 0) is 29.8 Å². The molecule has 1 aliphatic heterocycles. The molecule has 0 saturated carbocycles. The molecule has 0 aromatic heterocycles. The summed E-state index contributed by atoms with van der Waals surface area (Å²) in [5.74, 6) is -1.77. The van der Waals surface area contributed by atoms with Crippen molar-refractivity contribution in [2.24, 2.45) is 0 Å². The molecule has 1 N–H and O–H groups in total. The summed E-state index contributed by atoms with van der Waals surface area (Å²) in [6.45, 7) is 0. The van der Waals surface area contributed by atoms with Gasteiger partial charge in [0.15, 0.2) is 6.10 Å². The monoisotopic (exact) mass is 319 g/mol. The molecule has 112 valence electrons. The number of halogens is 2. The van der Waals surface area contributed by atoms with Crippen molar-refractivity contribution in [3.63, 3.8) is 0 Å². The van der Waals surface area contributed by atoms with Crippen LogP contribution in [0, 0.1) is 5.82 Å². The van der Waals surface area contributed by atoms with E-state index in [0.717, 1.165) is 11.6 Å². The maximum absolute atomic E-state index is 13.6. The number of carbonyl (C=O) groups is 2. The maximum Gasteiger partial charge on any atom is 0.339 e. The summed E-state index contributed by atoms with van der Waals surface area (Å²) >= 11 is 5.77. The fourth-order valence-electron chi connectivity index (χ4n) is 2.28. The molecule has 4 nitrogen and oxygen atoms in total. The van der Waals surface area contributed by atoms with Gasteiger partial charge in [-0.15, -0.1) is 0 Å². The Morgan fingerprint density at radius 1 is 1.27 bits per heavy atom. The smallest absolute Gasteiger partial charge is 0.339 e. The lowest BCUT2D eigenvalue weighted by atomic mass is 9.98. The first kappa shape index (κ1) is 14.5. The molecule has 6 heteroatoms. The zero-order valence-corrected chi connectivity index (χ0v) is 12.1. The Balaban J connectivity index is 1.79. The van der Waals surface area contributed by atoms with E-state index in [-0.39, 0.29) is 12.1 Å². The summed E-state index contributed by atoms with van der Waals surface area (Å²) < 4.78 is 18.7. The van der Waals surface area contributed by atoms with Gasteiger partial charge in [0.25, 0.3) is 5.91 Å². The quantitative estimate of drug-likeness (QED) is 0.865. The lowest BCUT2D eigenvalue weighted by Gasteiger charge is -2.23. The summed E-state index contributed by atoms with van der Waals surface area (Å²) in [5, 5.41) is 2.69. The van der Waals surface area contributed by atoms with Crippen LogP contribution < -0.4 is 5.32 Å². The highest BCUT2D eigenvalue weighted by Crippen LogP contribution is 2.23. The minimum atomic E-state index is -0.999. The van der Waals surface area contributed by atoms with Crippen LogP contribution in [0.15, 0.2) is 42.5 Å². The van der Waals surface area contributed by atoms with E-state index in [1.165, 1.54) is 12.1 Å². The highest BCUT2D eigenvalue weighted by Gasteiger charge is 2.31. The van der Waals surface area contributed by atoms with Crippen LogP contribution in [-0.4, -0.2) is 18.0 Å². The number of ether oxygens (including phenoxy) is 1. The molecule has 0 bridgehead atoms. The molecule has 0 fully saturated rings. The van der Waals surface area contributed by atoms with E-state index < -0.39 is 23.8 Å². The van der Waals surface area contributed by atoms with Crippen LogP contribution in [-0.2, 0) is 16.0 Å². The highest BCUT2D eigenvalue weighted by molar-refractivity contribution is 6.30. The van der Waals surface area contributed by atoms with Gasteiger partial charge in [-0.1, -0.05) is 29.8 Å². The normalized spacial score (nSPS) is 16.6. The van der Waals surface area contributed by atoms with Gasteiger partial charge in [0, 0.05) is 11.4 Å². The summed E-state index contributed by atoms with van der Waals surface area (Å²) in [6, 6.07) is 10.7. The number of fused-ring (bicyclic) bond motifs is 1. The third-order valence-electron chi connectivity index (χ3n) is 3.37. The SMILES string of the molecule is O=C1OC(C(=O)Nc2cc(Cl)ccc2F)Cc2ccccc21. The molecule has 1 atom stereocenters. The Morgan fingerprint density at radius 3 is 2.86 bits per heavy atom. The van der Waals surface area contributed by atoms with Crippen molar-refractivity contribution < 1.29 is 18.7 Å². The van der Waals surface area contributed by atoms with Crippen molar-refractivity contribution in [2.45, 2.75) is 12.5 Å². The molecule has 1 heterocycles. The number of hydrogen-bond donors (Lipinski definition) is 1. The van der Waals surface area contributed by atoms with Gasteiger partial charge in [0.2, 0.25) is 0 Å². The first-order valence-electron chi connectivity index (χ1n) is 6.59. The van der Waals surface area contributed by atoms with Gasteiger partial charge in [-0.2, -0.15) is 0 Å². The van der Waals surface area contributed by atoms with Crippen LogP contribution in [0.1, 0.15) is 15.9 Å². The maximum atomic E-state index is 13.6. The minimum absolute atomic E-state index is 0.0487. The number of anilines is 1. The van der Waals surface area contributed by atoms with Crippen LogP contribution >= 0.6 is 11.6 Å². The first-order valence-corrected chi connectivity index (χ1v) is 6.97. The third-order valence-corrected chi connectivity index (χ3v) is 3.61. The van der Waals surface area contributed by atoms with E-state index >= 15 is 0 Å². The molecule has 0 saturated heterocycles. The molecule has 2 aromatic rings. The Hall–Kier alpha value is -2.40. The molecule has 1 amide bonds. The number of esters is 1. The number of rotatable bonds is 2. The van der Waals surface area contributed by atoms with E-state index in [2.05, 4.69) is 5.32 Å². The van der Waals surface area contributed by atoms with Crippen LogP contribution in [0.3, 0.4) is 0 Å². The largest absolute Gasteiger partial charge is 0.448 e. The van der Waals surface area contributed by atoms with Crippen molar-refractivity contribution in [3.05, 3.63) is 64.4 Å². The van der Waals surface area contributed by atoms with E-state index in [4.69, 9.17) is 16.3 Å². The summed E-state index contributed by atoms with van der Waals surface area (Å²) in [7, 11) is 0. The predicted octanol–water partition coefficient (Wildman–Crippen LogP) is 3.20. The molecule has 22 heavy (non-hydrogen) atoms. The number of carbonyl (C=O) groups excluding carboxylic acids is 2. The zero-order valence-electron chi connectivity index (χ0n) is 11.3. The third kappa shape index (κ3) is 2.80. The zero-order chi connectivity index (χ0) is 15.7. The van der Waals surface area contributed by atoms with Gasteiger partial charge in [-0.3, -0.25) is 4.79 Å². The van der Waals surface area contributed by atoms with Crippen molar-refractivity contribution in [1.82, 2.24) is 0 Å². The second-order valence-corrected chi connectivity index (χ2v) is 5.31. The van der Waals surface area contributed by atoms with Gasteiger partial charge < -0.3 is 10.1 Å². The van der Waals surface area contributed by atoms with Crippen molar-refractivity contribution in [3.8, 4) is 0 Å². The summed E-state index contributed by atoms with van der Waals surface area (Å²) in [5.41, 5.74) is 1.12. The van der Waals surface area contributed by atoms with Crippen LogP contribution in [0.4, 0.5) is 10.1 Å². The average Bonchev–Trinajstić information content (AvgIpc) is 2.51. The second kappa shape index (κ2) is 5.77. The lowest BCUT2D eigenvalue weighted by Crippen LogP contribution is -2.38. The number of amides is 1. The van der Waals surface area contributed by atoms with Gasteiger partial charge >= 0.3 is 5.97 Å². The molecule has 0 radical (unpaired) electrons. The highest BCUT2D eigenvalue weighted by atomic mass is 35.5. The van der Waals surface area contributed by atoms with Crippen LogP contribution in [0.25, 0.3) is 0 Å². The van der Waals surface area contributed by atoms with Crippen LogP contribution in [0.5, 0.6) is 0 Å². The fraction of sp³-hybridized carbons (Fsp3) is 0.125. The molecule has 0 aliphatic carbocycles. The second-order valence-electron chi connectivity index (χ2n) is 4.87.